The van der Waals surface area contributed by atoms with Crippen molar-refractivity contribution in [3.63, 3.8) is 0 Å². The van der Waals surface area contributed by atoms with Crippen LogP contribution in [0.25, 0.3) is 0 Å². The summed E-state index contributed by atoms with van der Waals surface area (Å²) in [6.45, 7) is 5.41. The fourth-order valence-corrected chi connectivity index (χ4v) is 2.74. The number of hydrogen-bond acceptors (Lipinski definition) is 6. The Bertz CT molecular complexity index is 688. The van der Waals surface area contributed by atoms with Gasteiger partial charge in [-0.25, -0.2) is 4.98 Å². The zero-order valence-electron chi connectivity index (χ0n) is 12.0. The lowest BCUT2D eigenvalue weighted by atomic mass is 10.2. The Kier molecular flexibility index (Phi) is 4.79. The molecule has 8 heteroatoms. The second-order valence-electron chi connectivity index (χ2n) is 4.58. The van der Waals surface area contributed by atoms with Crippen molar-refractivity contribution in [3.8, 4) is 0 Å². The first-order chi connectivity index (χ1) is 9.95. The molecule has 0 saturated carbocycles. The van der Waals surface area contributed by atoms with Crippen molar-refractivity contribution < 1.29 is 9.32 Å². The number of nitrogens with one attached hydrogen (secondary N) is 2. The zero-order valence-corrected chi connectivity index (χ0v) is 12.8. The third-order valence-electron chi connectivity index (χ3n) is 2.79. The molecule has 0 atom stereocenters. The number of amides is 1. The SMILES string of the molecule is Cc1cc(=O)[nH]c(NC(=O)CSCc2c(C)noc2C)n1. The Labute approximate surface area is 125 Å². The second-order valence-corrected chi connectivity index (χ2v) is 5.56. The summed E-state index contributed by atoms with van der Waals surface area (Å²) < 4.78 is 5.06. The molecule has 1 amide bonds. The molecule has 0 aromatic carbocycles. The highest BCUT2D eigenvalue weighted by molar-refractivity contribution is 7.99. The summed E-state index contributed by atoms with van der Waals surface area (Å²) in [4.78, 5) is 29.6. The first kappa shape index (κ1) is 15.3. The van der Waals surface area contributed by atoms with Gasteiger partial charge in [-0.05, 0) is 20.8 Å². The third-order valence-corrected chi connectivity index (χ3v) is 3.75. The van der Waals surface area contributed by atoms with Gasteiger partial charge < -0.3 is 4.52 Å². The first-order valence-electron chi connectivity index (χ1n) is 6.33. The van der Waals surface area contributed by atoms with Crippen molar-refractivity contribution >= 4 is 23.6 Å². The van der Waals surface area contributed by atoms with Gasteiger partial charge in [0.25, 0.3) is 5.56 Å². The molecule has 0 radical (unpaired) electrons. The highest BCUT2D eigenvalue weighted by atomic mass is 32.2. The minimum Gasteiger partial charge on any atom is -0.361 e. The standard InChI is InChI=1S/C13H16N4O3S/c1-7-4-11(18)15-13(14-7)16-12(19)6-21-5-10-8(2)17-20-9(10)3/h4H,5-6H2,1-3H3,(H2,14,15,16,18,19). The number of aryl methyl sites for hydroxylation is 3. The van der Waals surface area contributed by atoms with Crippen LogP contribution >= 0.6 is 11.8 Å². The maximum Gasteiger partial charge on any atom is 0.252 e. The van der Waals surface area contributed by atoms with Crippen molar-refractivity contribution in [2.24, 2.45) is 0 Å². The molecule has 7 nitrogen and oxygen atoms in total. The maximum atomic E-state index is 11.8. The van der Waals surface area contributed by atoms with E-state index in [2.05, 4.69) is 20.4 Å². The van der Waals surface area contributed by atoms with E-state index in [1.807, 2.05) is 13.8 Å². The van der Waals surface area contributed by atoms with Gasteiger partial charge in [0, 0.05) is 23.1 Å². The number of anilines is 1. The van der Waals surface area contributed by atoms with Gasteiger partial charge in [0.15, 0.2) is 0 Å². The van der Waals surface area contributed by atoms with E-state index in [-0.39, 0.29) is 23.2 Å². The molecule has 112 valence electrons. The van der Waals surface area contributed by atoms with E-state index in [1.165, 1.54) is 17.8 Å². The molecule has 2 N–H and O–H groups in total. The first-order valence-corrected chi connectivity index (χ1v) is 7.48. The number of thioether (sulfide) groups is 1. The molecular formula is C13H16N4O3S. The number of carbonyl (C=O) groups is 1. The lowest BCUT2D eigenvalue weighted by Gasteiger charge is -2.04. The summed E-state index contributed by atoms with van der Waals surface area (Å²) >= 11 is 1.44. The van der Waals surface area contributed by atoms with Gasteiger partial charge in [-0.2, -0.15) is 0 Å². The van der Waals surface area contributed by atoms with Gasteiger partial charge in [0.2, 0.25) is 11.9 Å². The minimum atomic E-state index is -0.291. The normalized spacial score (nSPS) is 10.6. The lowest BCUT2D eigenvalue weighted by Crippen LogP contribution is -2.19. The number of carbonyl (C=O) groups excluding carboxylic acids is 1. The topological polar surface area (TPSA) is 101 Å². The third kappa shape index (κ3) is 4.19. The van der Waals surface area contributed by atoms with Crippen LogP contribution in [0, 0.1) is 20.8 Å². The van der Waals surface area contributed by atoms with Crippen LogP contribution in [-0.4, -0.2) is 26.8 Å². The second kappa shape index (κ2) is 6.57. The highest BCUT2D eigenvalue weighted by Gasteiger charge is 2.10. The summed E-state index contributed by atoms with van der Waals surface area (Å²) in [6, 6.07) is 1.36. The van der Waals surface area contributed by atoms with Crippen LogP contribution in [0.3, 0.4) is 0 Å². The number of aromatic amines is 1. The maximum absolute atomic E-state index is 11.8. The van der Waals surface area contributed by atoms with E-state index >= 15 is 0 Å². The predicted octanol–water partition coefficient (Wildman–Crippen LogP) is 1.56. The molecule has 0 aliphatic heterocycles. The number of aromatic nitrogens is 3. The molecule has 2 aromatic heterocycles. The average molecular weight is 308 g/mol. The lowest BCUT2D eigenvalue weighted by molar-refractivity contribution is -0.113. The number of rotatable bonds is 5. The van der Waals surface area contributed by atoms with E-state index in [1.54, 1.807) is 6.92 Å². The summed E-state index contributed by atoms with van der Waals surface area (Å²) in [5, 5.41) is 6.43. The molecule has 2 heterocycles. The molecule has 0 unspecified atom stereocenters. The molecule has 0 fully saturated rings. The Hall–Kier alpha value is -2.09. The highest BCUT2D eigenvalue weighted by Crippen LogP contribution is 2.19. The number of hydrogen-bond donors (Lipinski definition) is 2. The van der Waals surface area contributed by atoms with Gasteiger partial charge >= 0.3 is 0 Å². The molecule has 0 bridgehead atoms. The monoisotopic (exact) mass is 308 g/mol. The molecule has 0 spiro atoms. The van der Waals surface area contributed by atoms with Crippen molar-refractivity contribution in [1.82, 2.24) is 15.1 Å². The van der Waals surface area contributed by atoms with Gasteiger partial charge in [-0.3, -0.25) is 19.9 Å². The smallest absolute Gasteiger partial charge is 0.252 e. The Morgan fingerprint density at radius 1 is 1.43 bits per heavy atom. The molecule has 2 aromatic rings. The number of nitrogens with zero attached hydrogens (tertiary/aromatic N) is 2. The van der Waals surface area contributed by atoms with Crippen LogP contribution in [-0.2, 0) is 10.5 Å². The van der Waals surface area contributed by atoms with E-state index in [4.69, 9.17) is 4.52 Å². The Morgan fingerprint density at radius 3 is 2.81 bits per heavy atom. The van der Waals surface area contributed by atoms with Crippen LogP contribution in [0.2, 0.25) is 0 Å². The van der Waals surface area contributed by atoms with Gasteiger partial charge in [0.05, 0.1) is 11.4 Å². The summed E-state index contributed by atoms with van der Waals surface area (Å²) in [6.07, 6.45) is 0. The fourth-order valence-electron chi connectivity index (χ4n) is 1.76. The molecule has 0 aliphatic carbocycles. The zero-order chi connectivity index (χ0) is 15.4. The van der Waals surface area contributed by atoms with E-state index in [0.717, 1.165) is 17.0 Å². The summed E-state index contributed by atoms with van der Waals surface area (Å²) in [7, 11) is 0. The van der Waals surface area contributed by atoms with Crippen LogP contribution in [0.4, 0.5) is 5.95 Å². The molecule has 2 rings (SSSR count). The van der Waals surface area contributed by atoms with Crippen molar-refractivity contribution in [3.05, 3.63) is 39.1 Å². The summed E-state index contributed by atoms with van der Waals surface area (Å²) in [5.74, 6) is 1.61. The largest absolute Gasteiger partial charge is 0.361 e. The molecular weight excluding hydrogens is 292 g/mol. The number of H-pyrrole nitrogens is 1. The summed E-state index contributed by atoms with van der Waals surface area (Å²) in [5.41, 5.74) is 2.11. The molecule has 0 saturated heterocycles. The van der Waals surface area contributed by atoms with Gasteiger partial charge in [-0.1, -0.05) is 5.16 Å². The van der Waals surface area contributed by atoms with Crippen LogP contribution in [0.1, 0.15) is 22.7 Å². The Balaban J connectivity index is 1.86. The fraction of sp³-hybridized carbons (Fsp3) is 0.385. The van der Waals surface area contributed by atoms with E-state index in [9.17, 15) is 9.59 Å². The van der Waals surface area contributed by atoms with E-state index in [0.29, 0.717) is 11.4 Å². The van der Waals surface area contributed by atoms with E-state index < -0.39 is 0 Å². The van der Waals surface area contributed by atoms with Crippen LogP contribution in [0.5, 0.6) is 0 Å². The van der Waals surface area contributed by atoms with Crippen molar-refractivity contribution in [2.75, 3.05) is 11.1 Å². The van der Waals surface area contributed by atoms with Crippen LogP contribution in [0.15, 0.2) is 15.4 Å². The van der Waals surface area contributed by atoms with Gasteiger partial charge in [0.1, 0.15) is 5.76 Å². The average Bonchev–Trinajstić information content (AvgIpc) is 2.69. The van der Waals surface area contributed by atoms with Crippen LogP contribution < -0.4 is 10.9 Å². The van der Waals surface area contributed by atoms with Crippen molar-refractivity contribution in [2.45, 2.75) is 26.5 Å². The minimum absolute atomic E-state index is 0.169. The van der Waals surface area contributed by atoms with Gasteiger partial charge in [-0.15, -0.1) is 11.8 Å². The molecule has 21 heavy (non-hydrogen) atoms. The van der Waals surface area contributed by atoms with Crippen molar-refractivity contribution in [1.29, 1.82) is 0 Å². The Morgan fingerprint density at radius 2 is 2.19 bits per heavy atom. The molecule has 0 aliphatic rings. The predicted molar refractivity (Wildman–Crippen MR) is 80.4 cm³/mol. The quantitative estimate of drug-likeness (QED) is 0.869.